The number of methoxy groups -OCH3 is 2. The lowest BCUT2D eigenvalue weighted by molar-refractivity contribution is -0.376. The summed E-state index contributed by atoms with van der Waals surface area (Å²) in [6, 6.07) is 7.10. The third kappa shape index (κ3) is 5.32. The normalized spacial score (nSPS) is 34.7. The first kappa shape index (κ1) is 31.3. The molecule has 46 heavy (non-hydrogen) atoms. The molecule has 7 rings (SSSR count). The first-order valence-corrected chi connectivity index (χ1v) is 15.5. The van der Waals surface area contributed by atoms with E-state index in [0.717, 1.165) is 11.1 Å². The molecular weight excluding hydrogens is 604 g/mol. The molecule has 1 aliphatic carbocycles. The van der Waals surface area contributed by atoms with Crippen LogP contribution < -0.4 is 18.9 Å². The van der Waals surface area contributed by atoms with E-state index in [4.69, 9.17) is 47.4 Å². The summed E-state index contributed by atoms with van der Waals surface area (Å²) < 4.78 is 59.4. The summed E-state index contributed by atoms with van der Waals surface area (Å²) in [5.74, 6) is -0.792. The fourth-order valence-electron chi connectivity index (χ4n) is 7.26. The van der Waals surface area contributed by atoms with Crippen molar-refractivity contribution in [3.05, 3.63) is 41.0 Å². The van der Waals surface area contributed by atoms with Crippen LogP contribution in [0, 0.1) is 11.8 Å². The molecule has 0 amide bonds. The first-order chi connectivity index (χ1) is 22.0. The number of aliphatic hydroxyl groups is 1. The maximum atomic E-state index is 13.6. The molecule has 0 saturated carbocycles. The van der Waals surface area contributed by atoms with E-state index in [0.29, 0.717) is 17.1 Å². The molecule has 13 nitrogen and oxygen atoms in total. The third-order valence-electron chi connectivity index (χ3n) is 9.21. The number of benzene rings is 2. The summed E-state index contributed by atoms with van der Waals surface area (Å²) in [4.78, 5) is 13.6. The Bertz CT molecular complexity index is 1460. The Morgan fingerprint density at radius 1 is 0.913 bits per heavy atom. The van der Waals surface area contributed by atoms with Gasteiger partial charge in [0, 0.05) is 11.8 Å². The van der Waals surface area contributed by atoms with Crippen LogP contribution in [0.25, 0.3) is 0 Å². The topological polar surface area (TPSA) is 150 Å². The maximum absolute atomic E-state index is 13.6. The van der Waals surface area contributed by atoms with Gasteiger partial charge in [0.15, 0.2) is 35.6 Å². The van der Waals surface area contributed by atoms with Crippen LogP contribution in [0.2, 0.25) is 0 Å². The van der Waals surface area contributed by atoms with Crippen molar-refractivity contribution in [2.45, 2.75) is 82.3 Å². The number of phenols is 1. The van der Waals surface area contributed by atoms with Crippen molar-refractivity contribution in [2.75, 3.05) is 34.2 Å². The number of ether oxygens (including phenoxy) is 10. The Hall–Kier alpha value is -3.33. The number of aliphatic hydroxyl groups excluding tert-OH is 1. The summed E-state index contributed by atoms with van der Waals surface area (Å²) >= 11 is 0. The standard InChI is InChI=1S/C33H40O13/c1-14-39-12-23-29(43-14)27(35)30(46-33(2,3)4)32(44-23)45-28-17-10-20-19(41-13-42-20)9-16(17)24(25-18(28)11-40-31(25)36)15-7-21(37-5)26(34)22(8-15)38-6/h7-10,14,18,23-25,27-30,32,34-35H,11-13H2,1-6H3/t14-,18+,23-,24-,25+,27+,28-,29-,30-,32+/m1/s1. The zero-order valence-electron chi connectivity index (χ0n) is 26.6. The highest BCUT2D eigenvalue weighted by atomic mass is 16.8. The van der Waals surface area contributed by atoms with E-state index in [1.54, 1.807) is 19.1 Å². The second-order valence-corrected chi connectivity index (χ2v) is 13.2. The van der Waals surface area contributed by atoms with E-state index in [1.807, 2.05) is 32.9 Å². The Labute approximate surface area is 266 Å². The molecule has 0 bridgehead atoms. The molecule has 4 aliphatic heterocycles. The number of phenolic OH excluding ortho intramolecular Hbond substituents is 1. The number of rotatable bonds is 6. The minimum absolute atomic E-state index is 0.0467. The third-order valence-corrected chi connectivity index (χ3v) is 9.21. The van der Waals surface area contributed by atoms with E-state index in [1.165, 1.54) is 14.2 Å². The van der Waals surface area contributed by atoms with E-state index in [9.17, 15) is 15.0 Å². The largest absolute Gasteiger partial charge is 0.502 e. The molecular formula is C33H40O13. The predicted octanol–water partition coefficient (Wildman–Crippen LogP) is 3.16. The van der Waals surface area contributed by atoms with Gasteiger partial charge in [-0.25, -0.2) is 0 Å². The van der Waals surface area contributed by atoms with Gasteiger partial charge in [-0.3, -0.25) is 4.79 Å². The van der Waals surface area contributed by atoms with Crippen LogP contribution in [0.5, 0.6) is 28.7 Å². The van der Waals surface area contributed by atoms with Gasteiger partial charge >= 0.3 is 5.97 Å². The zero-order valence-corrected chi connectivity index (χ0v) is 26.6. The Morgan fingerprint density at radius 2 is 1.59 bits per heavy atom. The second-order valence-electron chi connectivity index (χ2n) is 13.2. The molecule has 0 aromatic heterocycles. The lowest BCUT2D eigenvalue weighted by Crippen LogP contribution is -2.64. The van der Waals surface area contributed by atoms with E-state index in [-0.39, 0.29) is 37.3 Å². The highest BCUT2D eigenvalue weighted by Crippen LogP contribution is 2.57. The van der Waals surface area contributed by atoms with Gasteiger partial charge in [0.25, 0.3) is 0 Å². The van der Waals surface area contributed by atoms with Crippen molar-refractivity contribution in [1.29, 1.82) is 0 Å². The highest BCUT2D eigenvalue weighted by Gasteiger charge is 2.57. The summed E-state index contributed by atoms with van der Waals surface area (Å²) in [6.07, 6.45) is -5.62. The summed E-state index contributed by atoms with van der Waals surface area (Å²) in [7, 11) is 2.90. The van der Waals surface area contributed by atoms with Gasteiger partial charge in [0.1, 0.15) is 24.4 Å². The molecule has 13 heteroatoms. The zero-order chi connectivity index (χ0) is 32.5. The molecule has 2 N–H and O–H groups in total. The minimum Gasteiger partial charge on any atom is -0.502 e. The molecule has 10 atom stereocenters. The molecule has 2 aromatic rings. The minimum atomic E-state index is -1.09. The fourth-order valence-corrected chi connectivity index (χ4v) is 7.26. The molecule has 250 valence electrons. The quantitative estimate of drug-likeness (QED) is 0.444. The SMILES string of the molecule is COc1cc([C@@H]2c3cc4c(cc3[C@@H](O[C@@H]3O[C@@H]5CO[C@@H](C)O[C@H]5[C@H](O)[C@H]3OC(C)(C)C)[C@H]3COC(=O)[C@H]23)OCO4)cc(OC)c1O. The smallest absolute Gasteiger partial charge is 0.310 e. The van der Waals surface area contributed by atoms with Gasteiger partial charge in [-0.2, -0.15) is 0 Å². The number of carbonyl (C=O) groups is 1. The van der Waals surface area contributed by atoms with Gasteiger partial charge in [0.2, 0.25) is 12.5 Å². The fraction of sp³-hybridized carbons (Fsp3) is 0.606. The summed E-state index contributed by atoms with van der Waals surface area (Å²) in [5, 5.41) is 22.2. The van der Waals surface area contributed by atoms with Crippen LogP contribution in [0.1, 0.15) is 56.4 Å². The highest BCUT2D eigenvalue weighted by molar-refractivity contribution is 5.79. The maximum Gasteiger partial charge on any atom is 0.310 e. The summed E-state index contributed by atoms with van der Waals surface area (Å²) in [5.41, 5.74) is 1.49. The van der Waals surface area contributed by atoms with E-state index >= 15 is 0 Å². The Kier molecular flexibility index (Phi) is 7.97. The van der Waals surface area contributed by atoms with Crippen LogP contribution in [0.15, 0.2) is 24.3 Å². The van der Waals surface area contributed by atoms with E-state index in [2.05, 4.69) is 0 Å². The van der Waals surface area contributed by atoms with Crippen LogP contribution >= 0.6 is 0 Å². The molecule has 5 aliphatic rings. The van der Waals surface area contributed by atoms with Crippen molar-refractivity contribution >= 4 is 5.97 Å². The lowest BCUT2D eigenvalue weighted by Gasteiger charge is -2.50. The van der Waals surface area contributed by atoms with Gasteiger partial charge in [-0.05, 0) is 68.7 Å². The first-order valence-electron chi connectivity index (χ1n) is 15.5. The second kappa shape index (κ2) is 11.7. The van der Waals surface area contributed by atoms with Gasteiger partial charge in [-0.15, -0.1) is 0 Å². The summed E-state index contributed by atoms with van der Waals surface area (Å²) in [6.45, 7) is 7.75. The van der Waals surface area contributed by atoms with Crippen molar-refractivity contribution in [1.82, 2.24) is 0 Å². The Balaban J connectivity index is 1.33. The van der Waals surface area contributed by atoms with Crippen molar-refractivity contribution in [2.24, 2.45) is 11.8 Å². The van der Waals surface area contributed by atoms with Crippen molar-refractivity contribution in [3.63, 3.8) is 0 Å². The molecule has 3 saturated heterocycles. The molecule has 0 radical (unpaired) electrons. The van der Waals surface area contributed by atoms with E-state index < -0.39 is 72.4 Å². The van der Waals surface area contributed by atoms with Crippen LogP contribution in [0.3, 0.4) is 0 Å². The van der Waals surface area contributed by atoms with Crippen LogP contribution in [-0.4, -0.2) is 93.0 Å². The van der Waals surface area contributed by atoms with Crippen molar-refractivity contribution < 1.29 is 62.4 Å². The molecule has 0 unspecified atom stereocenters. The number of hydrogen-bond donors (Lipinski definition) is 2. The van der Waals surface area contributed by atoms with Gasteiger partial charge < -0.3 is 57.6 Å². The van der Waals surface area contributed by atoms with Gasteiger partial charge in [-0.1, -0.05) is 0 Å². The number of hydrogen-bond acceptors (Lipinski definition) is 13. The average Bonchev–Trinajstić information content (AvgIpc) is 3.64. The number of fused-ring (bicyclic) bond motifs is 4. The average molecular weight is 645 g/mol. The number of cyclic esters (lactones) is 1. The van der Waals surface area contributed by atoms with Gasteiger partial charge in [0.05, 0.1) is 45.1 Å². The predicted molar refractivity (Wildman–Crippen MR) is 157 cm³/mol. The number of esters is 1. The van der Waals surface area contributed by atoms with Crippen LogP contribution in [-0.2, 0) is 33.2 Å². The van der Waals surface area contributed by atoms with Crippen LogP contribution in [0.4, 0.5) is 0 Å². The Morgan fingerprint density at radius 3 is 2.24 bits per heavy atom. The molecule has 3 fully saturated rings. The monoisotopic (exact) mass is 644 g/mol. The molecule has 4 heterocycles. The number of aromatic hydroxyl groups is 1. The molecule has 2 aromatic carbocycles. The number of carbonyl (C=O) groups excluding carboxylic acids is 1. The lowest BCUT2D eigenvalue weighted by atomic mass is 9.66. The van der Waals surface area contributed by atoms with Crippen molar-refractivity contribution in [3.8, 4) is 28.7 Å². The molecule has 0 spiro atoms.